The average Bonchev–Trinajstić information content (AvgIpc) is 3.08. The maximum atomic E-state index is 12.6. The van der Waals surface area contributed by atoms with Gasteiger partial charge in [0.1, 0.15) is 6.04 Å². The number of hydrogen-bond acceptors (Lipinski definition) is 3. The van der Waals surface area contributed by atoms with E-state index in [-0.39, 0.29) is 6.04 Å². The highest BCUT2D eigenvalue weighted by molar-refractivity contribution is 5.73. The lowest BCUT2D eigenvalue weighted by molar-refractivity contribution is -0.143. The third-order valence-electron chi connectivity index (χ3n) is 10.8. The summed E-state index contributed by atoms with van der Waals surface area (Å²) in [5, 5.41) is 10.3. The van der Waals surface area contributed by atoms with Gasteiger partial charge < -0.3 is 10.0 Å². The zero-order chi connectivity index (χ0) is 35.2. The Morgan fingerprint density at radius 1 is 0.396 bits per heavy atom. The molecule has 1 N–H and O–H groups in total. The van der Waals surface area contributed by atoms with Crippen molar-refractivity contribution >= 4 is 5.97 Å². The SMILES string of the molecule is CCCCCCCCCCCCN(CC)CCCCC(C(=O)O)N(CCCCCCCCCCCC)CCCCCCCCCCCC. The summed E-state index contributed by atoms with van der Waals surface area (Å²) in [5.41, 5.74) is 0. The fourth-order valence-electron chi connectivity index (χ4n) is 7.41. The number of hydrogen-bond donors (Lipinski definition) is 1. The van der Waals surface area contributed by atoms with Crippen LogP contribution in [0.5, 0.6) is 0 Å². The molecular formula is C44H90N2O2. The summed E-state index contributed by atoms with van der Waals surface area (Å²) >= 11 is 0. The second kappa shape index (κ2) is 39.2. The molecule has 4 heteroatoms. The van der Waals surface area contributed by atoms with Gasteiger partial charge in [-0.2, -0.15) is 0 Å². The Balaban J connectivity index is 4.49. The first kappa shape index (κ1) is 47.4. The first-order valence-corrected chi connectivity index (χ1v) is 22.3. The van der Waals surface area contributed by atoms with Crippen molar-refractivity contribution in [1.29, 1.82) is 0 Å². The number of nitrogens with zero attached hydrogens (tertiary/aromatic N) is 2. The maximum Gasteiger partial charge on any atom is 0.320 e. The zero-order valence-electron chi connectivity index (χ0n) is 33.7. The van der Waals surface area contributed by atoms with E-state index in [1.165, 1.54) is 186 Å². The topological polar surface area (TPSA) is 43.8 Å². The Morgan fingerprint density at radius 2 is 0.667 bits per heavy atom. The molecule has 0 heterocycles. The number of unbranched alkanes of at least 4 members (excludes halogenated alkanes) is 28. The van der Waals surface area contributed by atoms with Gasteiger partial charge in [0, 0.05) is 0 Å². The standard InChI is InChI=1S/C44H90N2O2/c1-5-9-12-15-18-21-24-27-30-34-39-45(8-4)40-37-33-38-43(44(47)48)46(41-35-31-28-25-22-19-16-13-10-6-2)42-36-32-29-26-23-20-17-14-11-7-3/h43H,5-42H2,1-4H3,(H,47,48). The van der Waals surface area contributed by atoms with Crippen molar-refractivity contribution in [3.63, 3.8) is 0 Å². The van der Waals surface area contributed by atoms with Crippen molar-refractivity contribution in [2.24, 2.45) is 0 Å². The Labute approximate surface area is 303 Å². The van der Waals surface area contributed by atoms with Gasteiger partial charge in [-0.05, 0) is 64.8 Å². The van der Waals surface area contributed by atoms with E-state index in [0.29, 0.717) is 0 Å². The van der Waals surface area contributed by atoms with E-state index in [4.69, 9.17) is 0 Å². The molecule has 0 saturated carbocycles. The molecule has 0 aliphatic rings. The van der Waals surface area contributed by atoms with Crippen molar-refractivity contribution in [3.05, 3.63) is 0 Å². The van der Waals surface area contributed by atoms with Crippen molar-refractivity contribution in [3.8, 4) is 0 Å². The summed E-state index contributed by atoms with van der Waals surface area (Å²) < 4.78 is 0. The zero-order valence-corrected chi connectivity index (χ0v) is 33.7. The lowest BCUT2D eigenvalue weighted by atomic mass is 10.0. The molecule has 288 valence electrons. The van der Waals surface area contributed by atoms with Crippen LogP contribution in [-0.4, -0.2) is 59.6 Å². The van der Waals surface area contributed by atoms with Gasteiger partial charge in [-0.1, -0.05) is 207 Å². The maximum absolute atomic E-state index is 12.6. The van der Waals surface area contributed by atoms with Crippen LogP contribution in [0.1, 0.15) is 240 Å². The number of rotatable bonds is 41. The minimum atomic E-state index is -0.591. The molecule has 0 aromatic carbocycles. The summed E-state index contributed by atoms with van der Waals surface area (Å²) in [4.78, 5) is 17.5. The van der Waals surface area contributed by atoms with Crippen molar-refractivity contribution < 1.29 is 9.90 Å². The Kier molecular flexibility index (Phi) is 38.7. The fraction of sp³-hybridized carbons (Fsp3) is 0.977. The second-order valence-electron chi connectivity index (χ2n) is 15.4. The number of carboxylic acids is 1. The smallest absolute Gasteiger partial charge is 0.320 e. The molecule has 1 atom stereocenters. The molecule has 0 saturated heterocycles. The van der Waals surface area contributed by atoms with E-state index in [9.17, 15) is 9.90 Å². The van der Waals surface area contributed by atoms with Crippen LogP contribution in [0.4, 0.5) is 0 Å². The summed E-state index contributed by atoms with van der Waals surface area (Å²) in [7, 11) is 0. The van der Waals surface area contributed by atoms with Crippen LogP contribution < -0.4 is 0 Å². The lowest BCUT2D eigenvalue weighted by Crippen LogP contribution is -2.42. The molecule has 0 aliphatic heterocycles. The van der Waals surface area contributed by atoms with Crippen LogP contribution in [0, 0.1) is 0 Å². The largest absolute Gasteiger partial charge is 0.480 e. The minimum Gasteiger partial charge on any atom is -0.480 e. The predicted octanol–water partition coefficient (Wildman–Crippen LogP) is 14.0. The minimum absolute atomic E-state index is 0.306. The van der Waals surface area contributed by atoms with Gasteiger partial charge in [-0.15, -0.1) is 0 Å². The number of aliphatic carboxylic acids is 1. The second-order valence-corrected chi connectivity index (χ2v) is 15.4. The Morgan fingerprint density at radius 3 is 0.958 bits per heavy atom. The lowest BCUT2D eigenvalue weighted by Gasteiger charge is -2.29. The molecule has 0 aromatic rings. The first-order valence-electron chi connectivity index (χ1n) is 22.3. The van der Waals surface area contributed by atoms with E-state index in [1.54, 1.807) is 0 Å². The summed E-state index contributed by atoms with van der Waals surface area (Å²) in [6.07, 6.45) is 43.5. The normalized spacial score (nSPS) is 12.5. The van der Waals surface area contributed by atoms with Crippen molar-refractivity contribution in [2.45, 2.75) is 246 Å². The number of carboxylic acid groups (broad SMARTS) is 1. The van der Waals surface area contributed by atoms with E-state index in [2.05, 4.69) is 37.5 Å². The number of carbonyl (C=O) groups is 1. The third-order valence-corrected chi connectivity index (χ3v) is 10.8. The monoisotopic (exact) mass is 679 g/mol. The van der Waals surface area contributed by atoms with Gasteiger partial charge in [0.2, 0.25) is 0 Å². The molecule has 0 fully saturated rings. The van der Waals surface area contributed by atoms with E-state index >= 15 is 0 Å². The van der Waals surface area contributed by atoms with Gasteiger partial charge in [-0.25, -0.2) is 0 Å². The summed E-state index contributed by atoms with van der Waals surface area (Å²) in [5.74, 6) is -0.591. The van der Waals surface area contributed by atoms with Crippen LogP contribution in [0.25, 0.3) is 0 Å². The van der Waals surface area contributed by atoms with Gasteiger partial charge in [0.25, 0.3) is 0 Å². The highest BCUT2D eigenvalue weighted by Gasteiger charge is 2.24. The third kappa shape index (κ3) is 32.6. The summed E-state index contributed by atoms with van der Waals surface area (Å²) in [6.45, 7) is 14.5. The molecule has 0 radical (unpaired) electrons. The average molecular weight is 679 g/mol. The van der Waals surface area contributed by atoms with Crippen LogP contribution in [0.2, 0.25) is 0 Å². The predicted molar refractivity (Wildman–Crippen MR) is 214 cm³/mol. The molecule has 4 nitrogen and oxygen atoms in total. The van der Waals surface area contributed by atoms with Gasteiger partial charge in [0.15, 0.2) is 0 Å². The van der Waals surface area contributed by atoms with Crippen LogP contribution in [0.15, 0.2) is 0 Å². The van der Waals surface area contributed by atoms with E-state index in [0.717, 1.165) is 58.3 Å². The molecule has 0 aliphatic carbocycles. The van der Waals surface area contributed by atoms with Gasteiger partial charge in [0.05, 0.1) is 0 Å². The molecule has 0 rings (SSSR count). The van der Waals surface area contributed by atoms with E-state index < -0.39 is 5.97 Å². The highest BCUT2D eigenvalue weighted by atomic mass is 16.4. The molecule has 1 unspecified atom stereocenters. The fourth-order valence-corrected chi connectivity index (χ4v) is 7.41. The molecule has 0 spiro atoms. The van der Waals surface area contributed by atoms with Crippen molar-refractivity contribution in [1.82, 2.24) is 9.80 Å². The quantitative estimate of drug-likeness (QED) is 0.0654. The van der Waals surface area contributed by atoms with Gasteiger partial charge >= 0.3 is 5.97 Å². The van der Waals surface area contributed by atoms with Crippen LogP contribution >= 0.6 is 0 Å². The highest BCUT2D eigenvalue weighted by Crippen LogP contribution is 2.17. The van der Waals surface area contributed by atoms with Crippen LogP contribution in [0.3, 0.4) is 0 Å². The molecule has 48 heavy (non-hydrogen) atoms. The molecule has 0 amide bonds. The summed E-state index contributed by atoms with van der Waals surface area (Å²) in [6, 6.07) is -0.306. The van der Waals surface area contributed by atoms with Crippen molar-refractivity contribution in [2.75, 3.05) is 32.7 Å². The first-order chi connectivity index (χ1) is 23.6. The molecule has 0 aromatic heterocycles. The van der Waals surface area contributed by atoms with Crippen LogP contribution in [-0.2, 0) is 4.79 Å². The van der Waals surface area contributed by atoms with Gasteiger partial charge in [-0.3, -0.25) is 9.69 Å². The molecule has 0 bridgehead atoms. The Hall–Kier alpha value is -0.610. The van der Waals surface area contributed by atoms with E-state index in [1.807, 2.05) is 0 Å². The molecular weight excluding hydrogens is 588 g/mol. The Bertz CT molecular complexity index is 603.